The molecule has 0 heterocycles. The highest BCUT2D eigenvalue weighted by molar-refractivity contribution is 5.81. The molecule has 1 aromatic rings. The van der Waals surface area contributed by atoms with E-state index in [1.807, 2.05) is 32.0 Å². The molecule has 0 radical (unpaired) electrons. The molecule has 0 bridgehead atoms. The third-order valence-corrected chi connectivity index (χ3v) is 3.81. The first kappa shape index (κ1) is 18.5. The van der Waals surface area contributed by atoms with Gasteiger partial charge in [0.1, 0.15) is 5.75 Å². The van der Waals surface area contributed by atoms with Crippen molar-refractivity contribution in [2.45, 2.75) is 52.6 Å². The van der Waals surface area contributed by atoms with Crippen LogP contribution in [0.25, 0.3) is 0 Å². The number of likely N-dealkylation sites (N-methyl/N-ethyl adjacent to an activating group) is 1. The van der Waals surface area contributed by atoms with Gasteiger partial charge in [-0.15, -0.1) is 0 Å². The van der Waals surface area contributed by atoms with Crippen molar-refractivity contribution in [3.05, 3.63) is 29.3 Å². The predicted octanol–water partition coefficient (Wildman–Crippen LogP) is 2.89. The Bertz CT molecular complexity index is 516. The number of benzene rings is 1. The molecule has 0 aliphatic carbocycles. The Morgan fingerprint density at radius 2 is 1.86 bits per heavy atom. The summed E-state index contributed by atoms with van der Waals surface area (Å²) in [6.07, 6.45) is 0. The van der Waals surface area contributed by atoms with Gasteiger partial charge in [-0.1, -0.05) is 52.8 Å². The minimum atomic E-state index is -0.257. The molecular weight excluding hydrogens is 276 g/mol. The number of hydrogen-bond donors (Lipinski definition) is 2. The van der Waals surface area contributed by atoms with Crippen LogP contribution in [0.1, 0.15) is 45.7 Å². The number of carbonyl (C=O) groups excluding carboxylic acids is 1. The number of amides is 1. The monoisotopic (exact) mass is 306 g/mol. The molecule has 2 N–H and O–H groups in total. The highest BCUT2D eigenvalue weighted by atomic mass is 16.3. The zero-order valence-corrected chi connectivity index (χ0v) is 14.9. The van der Waals surface area contributed by atoms with Crippen LogP contribution in [0, 0.1) is 5.92 Å². The van der Waals surface area contributed by atoms with Gasteiger partial charge in [0.15, 0.2) is 0 Å². The lowest BCUT2D eigenvalue weighted by atomic mass is 9.85. The topological polar surface area (TPSA) is 52.6 Å². The SMILES string of the molecule is CC(C)[C@@H](NCc1cccc(C(C)(C)C)c1O)C(=O)N(C)C. The average Bonchev–Trinajstić information content (AvgIpc) is 2.38. The lowest BCUT2D eigenvalue weighted by Crippen LogP contribution is -2.46. The molecule has 0 aromatic heterocycles. The van der Waals surface area contributed by atoms with E-state index >= 15 is 0 Å². The number of hydrogen-bond acceptors (Lipinski definition) is 3. The van der Waals surface area contributed by atoms with Crippen LogP contribution >= 0.6 is 0 Å². The van der Waals surface area contributed by atoms with Gasteiger partial charge < -0.3 is 15.3 Å². The Morgan fingerprint density at radius 3 is 2.32 bits per heavy atom. The molecule has 4 nitrogen and oxygen atoms in total. The van der Waals surface area contributed by atoms with Crippen LogP contribution in [0.3, 0.4) is 0 Å². The molecule has 1 atom stereocenters. The van der Waals surface area contributed by atoms with Crippen LogP contribution in [0.15, 0.2) is 18.2 Å². The fourth-order valence-electron chi connectivity index (χ4n) is 2.45. The van der Waals surface area contributed by atoms with E-state index in [4.69, 9.17) is 0 Å². The summed E-state index contributed by atoms with van der Waals surface area (Å²) in [6.45, 7) is 10.7. The fraction of sp³-hybridized carbons (Fsp3) is 0.611. The standard InChI is InChI=1S/C18H30N2O2/c1-12(2)15(17(22)20(6)7)19-11-13-9-8-10-14(16(13)21)18(3,4)5/h8-10,12,15,19,21H,11H2,1-7H3/t15-/m1/s1. The first-order chi connectivity index (χ1) is 10.1. The summed E-state index contributed by atoms with van der Waals surface area (Å²) in [6, 6.07) is 5.54. The van der Waals surface area contributed by atoms with E-state index in [-0.39, 0.29) is 23.3 Å². The number of nitrogens with one attached hydrogen (secondary N) is 1. The highest BCUT2D eigenvalue weighted by Gasteiger charge is 2.24. The van der Waals surface area contributed by atoms with Crippen molar-refractivity contribution in [2.24, 2.45) is 5.92 Å². The minimum Gasteiger partial charge on any atom is -0.507 e. The van der Waals surface area contributed by atoms with Gasteiger partial charge in [-0.2, -0.15) is 0 Å². The molecule has 0 aliphatic heterocycles. The Kier molecular flexibility index (Phi) is 6.00. The highest BCUT2D eigenvalue weighted by Crippen LogP contribution is 2.33. The van der Waals surface area contributed by atoms with Crippen LogP contribution in [0.2, 0.25) is 0 Å². The maximum Gasteiger partial charge on any atom is 0.239 e. The van der Waals surface area contributed by atoms with E-state index in [1.54, 1.807) is 19.0 Å². The molecule has 0 spiro atoms. The second-order valence-corrected chi connectivity index (χ2v) is 7.40. The Labute approximate surface area is 134 Å². The van der Waals surface area contributed by atoms with Crippen molar-refractivity contribution >= 4 is 5.91 Å². The molecule has 0 saturated carbocycles. The summed E-state index contributed by atoms with van der Waals surface area (Å²) in [4.78, 5) is 13.8. The number of para-hydroxylation sites is 1. The van der Waals surface area contributed by atoms with E-state index in [0.29, 0.717) is 12.3 Å². The Morgan fingerprint density at radius 1 is 1.27 bits per heavy atom. The van der Waals surface area contributed by atoms with E-state index in [2.05, 4.69) is 26.1 Å². The molecule has 1 aromatic carbocycles. The number of aromatic hydroxyl groups is 1. The molecule has 4 heteroatoms. The zero-order chi connectivity index (χ0) is 17.1. The second kappa shape index (κ2) is 7.14. The quantitative estimate of drug-likeness (QED) is 0.879. The van der Waals surface area contributed by atoms with E-state index in [0.717, 1.165) is 11.1 Å². The molecule has 0 fully saturated rings. The summed E-state index contributed by atoms with van der Waals surface area (Å²) >= 11 is 0. The first-order valence-corrected chi connectivity index (χ1v) is 7.81. The summed E-state index contributed by atoms with van der Waals surface area (Å²) in [5, 5.41) is 13.8. The molecule has 124 valence electrons. The average molecular weight is 306 g/mol. The smallest absolute Gasteiger partial charge is 0.239 e. The van der Waals surface area contributed by atoms with Gasteiger partial charge in [0.25, 0.3) is 0 Å². The number of carbonyl (C=O) groups is 1. The van der Waals surface area contributed by atoms with Crippen molar-refractivity contribution in [1.29, 1.82) is 0 Å². The summed E-state index contributed by atoms with van der Waals surface area (Å²) in [5.74, 6) is 0.562. The summed E-state index contributed by atoms with van der Waals surface area (Å²) in [5.41, 5.74) is 1.63. The lowest BCUT2D eigenvalue weighted by molar-refractivity contribution is -0.132. The van der Waals surface area contributed by atoms with Crippen molar-refractivity contribution in [3.63, 3.8) is 0 Å². The molecule has 22 heavy (non-hydrogen) atoms. The molecule has 0 unspecified atom stereocenters. The van der Waals surface area contributed by atoms with Gasteiger partial charge in [-0.25, -0.2) is 0 Å². The lowest BCUT2D eigenvalue weighted by Gasteiger charge is -2.26. The second-order valence-electron chi connectivity index (χ2n) is 7.40. The van der Waals surface area contributed by atoms with Crippen molar-refractivity contribution in [1.82, 2.24) is 10.2 Å². The van der Waals surface area contributed by atoms with Crippen LogP contribution in [0.4, 0.5) is 0 Å². The number of nitrogens with zero attached hydrogens (tertiary/aromatic N) is 1. The number of phenols is 1. The van der Waals surface area contributed by atoms with Gasteiger partial charge in [-0.05, 0) is 16.9 Å². The maximum atomic E-state index is 12.2. The largest absolute Gasteiger partial charge is 0.507 e. The number of rotatable bonds is 5. The minimum absolute atomic E-state index is 0.0569. The van der Waals surface area contributed by atoms with Crippen LogP contribution in [-0.4, -0.2) is 36.1 Å². The van der Waals surface area contributed by atoms with Gasteiger partial charge >= 0.3 is 0 Å². The molecule has 1 amide bonds. The fourth-order valence-corrected chi connectivity index (χ4v) is 2.45. The van der Waals surface area contributed by atoms with Crippen molar-refractivity contribution < 1.29 is 9.90 Å². The third kappa shape index (κ3) is 4.47. The van der Waals surface area contributed by atoms with Gasteiger partial charge in [0.2, 0.25) is 5.91 Å². The molecule has 0 saturated heterocycles. The molecule has 1 rings (SSSR count). The van der Waals surface area contributed by atoms with Crippen LogP contribution in [0.5, 0.6) is 5.75 Å². The van der Waals surface area contributed by atoms with Gasteiger partial charge in [0.05, 0.1) is 6.04 Å². The Hall–Kier alpha value is -1.55. The van der Waals surface area contributed by atoms with E-state index < -0.39 is 0 Å². The third-order valence-electron chi connectivity index (χ3n) is 3.81. The van der Waals surface area contributed by atoms with Gasteiger partial charge in [0, 0.05) is 26.2 Å². The predicted molar refractivity (Wildman–Crippen MR) is 91.0 cm³/mol. The number of phenolic OH excluding ortho intramolecular Hbond substituents is 1. The van der Waals surface area contributed by atoms with E-state index in [9.17, 15) is 9.90 Å². The summed E-state index contributed by atoms with van der Waals surface area (Å²) < 4.78 is 0. The van der Waals surface area contributed by atoms with Crippen molar-refractivity contribution in [2.75, 3.05) is 14.1 Å². The van der Waals surface area contributed by atoms with Gasteiger partial charge in [-0.3, -0.25) is 4.79 Å². The van der Waals surface area contributed by atoms with Crippen LogP contribution in [-0.2, 0) is 16.8 Å². The van der Waals surface area contributed by atoms with Crippen LogP contribution < -0.4 is 5.32 Å². The Balaban J connectivity index is 2.94. The maximum absolute atomic E-state index is 12.2. The normalized spacial score (nSPS) is 13.3. The summed E-state index contributed by atoms with van der Waals surface area (Å²) in [7, 11) is 3.52. The van der Waals surface area contributed by atoms with E-state index in [1.165, 1.54) is 0 Å². The zero-order valence-electron chi connectivity index (χ0n) is 14.9. The first-order valence-electron chi connectivity index (χ1n) is 7.81. The van der Waals surface area contributed by atoms with Crippen molar-refractivity contribution in [3.8, 4) is 5.75 Å². The molecule has 0 aliphatic rings. The molecular formula is C18H30N2O2.